The Hall–Kier alpha value is -2.37. The Bertz CT molecular complexity index is 655. The fraction of sp³-hybridized carbons (Fsp3) is 0.357. The molecule has 2 aromatic rings. The zero-order valence-corrected chi connectivity index (χ0v) is 10.9. The van der Waals surface area contributed by atoms with E-state index in [4.69, 9.17) is 4.42 Å². The predicted octanol–water partition coefficient (Wildman–Crippen LogP) is 1.70. The average Bonchev–Trinajstić information content (AvgIpc) is 3.11. The minimum absolute atomic E-state index is 0.118. The molecule has 0 bridgehead atoms. The zero-order chi connectivity index (χ0) is 13.9. The van der Waals surface area contributed by atoms with E-state index in [9.17, 15) is 9.59 Å². The quantitative estimate of drug-likeness (QED) is 0.891. The van der Waals surface area contributed by atoms with Gasteiger partial charge in [0.05, 0.1) is 12.0 Å². The molecular formula is C14H15N3O3. The van der Waals surface area contributed by atoms with E-state index < -0.39 is 5.69 Å². The number of aromatic nitrogens is 2. The lowest BCUT2D eigenvalue weighted by Crippen LogP contribution is -2.34. The lowest BCUT2D eigenvalue weighted by Gasteiger charge is -2.11. The third-order valence-corrected chi connectivity index (χ3v) is 3.45. The minimum Gasteiger partial charge on any atom is -0.463 e. The molecule has 0 spiro atoms. The van der Waals surface area contributed by atoms with Crippen LogP contribution in [-0.4, -0.2) is 21.9 Å². The number of amides is 1. The van der Waals surface area contributed by atoms with E-state index in [-0.39, 0.29) is 17.6 Å². The number of aromatic amines is 1. The summed E-state index contributed by atoms with van der Waals surface area (Å²) in [4.78, 5) is 30.0. The molecule has 0 atom stereocenters. The van der Waals surface area contributed by atoms with Gasteiger partial charge in [0.1, 0.15) is 11.5 Å². The fourth-order valence-corrected chi connectivity index (χ4v) is 2.47. The largest absolute Gasteiger partial charge is 0.463 e. The van der Waals surface area contributed by atoms with Crippen LogP contribution in [0.5, 0.6) is 0 Å². The second-order valence-corrected chi connectivity index (χ2v) is 4.92. The molecule has 0 saturated heterocycles. The Labute approximate surface area is 115 Å². The van der Waals surface area contributed by atoms with Crippen molar-refractivity contribution in [1.82, 2.24) is 15.3 Å². The van der Waals surface area contributed by atoms with Crippen LogP contribution >= 0.6 is 0 Å². The van der Waals surface area contributed by atoms with Crippen molar-refractivity contribution < 1.29 is 9.21 Å². The zero-order valence-electron chi connectivity index (χ0n) is 10.9. The van der Waals surface area contributed by atoms with Crippen LogP contribution in [0.1, 0.15) is 36.2 Å². The first-order valence-electron chi connectivity index (χ1n) is 6.68. The summed E-state index contributed by atoms with van der Waals surface area (Å²) in [6, 6.07) is 5.15. The summed E-state index contributed by atoms with van der Waals surface area (Å²) in [7, 11) is 0. The van der Waals surface area contributed by atoms with Gasteiger partial charge in [-0.3, -0.25) is 4.79 Å². The van der Waals surface area contributed by atoms with Crippen molar-refractivity contribution in [1.29, 1.82) is 0 Å². The molecule has 1 fully saturated rings. The van der Waals surface area contributed by atoms with Gasteiger partial charge in [-0.05, 0) is 31.0 Å². The summed E-state index contributed by atoms with van der Waals surface area (Å²) in [5, 5.41) is 2.91. The second-order valence-electron chi connectivity index (χ2n) is 4.92. The van der Waals surface area contributed by atoms with E-state index in [0.717, 1.165) is 25.7 Å². The summed E-state index contributed by atoms with van der Waals surface area (Å²) >= 11 is 0. The first kappa shape index (κ1) is 12.7. The van der Waals surface area contributed by atoms with E-state index in [1.807, 2.05) is 0 Å². The normalized spacial score (nSPS) is 15.4. The molecule has 1 aliphatic carbocycles. The van der Waals surface area contributed by atoms with Gasteiger partial charge in [0, 0.05) is 6.04 Å². The monoisotopic (exact) mass is 273 g/mol. The molecule has 2 heterocycles. The van der Waals surface area contributed by atoms with E-state index >= 15 is 0 Å². The highest BCUT2D eigenvalue weighted by atomic mass is 16.3. The summed E-state index contributed by atoms with van der Waals surface area (Å²) in [6.07, 6.45) is 5.74. The van der Waals surface area contributed by atoms with E-state index in [1.165, 1.54) is 12.3 Å². The van der Waals surface area contributed by atoms with Crippen molar-refractivity contribution in [3.63, 3.8) is 0 Å². The van der Waals surface area contributed by atoms with Crippen molar-refractivity contribution >= 4 is 5.91 Å². The standard InChI is InChI=1S/C14H15N3O3/c18-13(15-9-4-1-2-5-9)11-8-10(16-14(19)17-11)12-6-3-7-20-12/h3,6-9H,1-2,4-5H2,(H,15,18)(H,16,17,19). The fourth-order valence-electron chi connectivity index (χ4n) is 2.47. The van der Waals surface area contributed by atoms with Gasteiger partial charge in [-0.2, -0.15) is 4.98 Å². The molecule has 2 N–H and O–H groups in total. The first-order valence-corrected chi connectivity index (χ1v) is 6.68. The van der Waals surface area contributed by atoms with Gasteiger partial charge in [0.25, 0.3) is 5.91 Å². The molecule has 6 nitrogen and oxygen atoms in total. The summed E-state index contributed by atoms with van der Waals surface area (Å²) in [5.74, 6) is 0.190. The molecule has 0 radical (unpaired) electrons. The van der Waals surface area contributed by atoms with Crippen LogP contribution in [-0.2, 0) is 0 Å². The highest BCUT2D eigenvalue weighted by Gasteiger charge is 2.19. The van der Waals surface area contributed by atoms with Crippen molar-refractivity contribution in [2.24, 2.45) is 0 Å². The summed E-state index contributed by atoms with van der Waals surface area (Å²) < 4.78 is 5.21. The number of H-pyrrole nitrogens is 1. The molecule has 3 rings (SSSR count). The number of carbonyl (C=O) groups is 1. The number of furan rings is 1. The molecule has 1 aliphatic rings. The molecule has 1 saturated carbocycles. The van der Waals surface area contributed by atoms with Crippen LogP contribution in [0.2, 0.25) is 0 Å². The van der Waals surface area contributed by atoms with Crippen molar-refractivity contribution in [3.8, 4) is 11.5 Å². The average molecular weight is 273 g/mol. The Balaban J connectivity index is 1.85. The van der Waals surface area contributed by atoms with Gasteiger partial charge in [0.2, 0.25) is 0 Å². The highest BCUT2D eigenvalue weighted by molar-refractivity contribution is 5.93. The molecule has 0 aromatic carbocycles. The Morgan fingerprint density at radius 1 is 1.40 bits per heavy atom. The number of nitrogens with zero attached hydrogens (tertiary/aromatic N) is 1. The molecule has 6 heteroatoms. The Kier molecular flexibility index (Phi) is 3.37. The van der Waals surface area contributed by atoms with Crippen LogP contribution in [0.15, 0.2) is 33.7 Å². The highest BCUT2D eigenvalue weighted by Crippen LogP contribution is 2.19. The van der Waals surface area contributed by atoms with Gasteiger partial charge in [-0.25, -0.2) is 4.79 Å². The van der Waals surface area contributed by atoms with Gasteiger partial charge in [0.15, 0.2) is 0 Å². The van der Waals surface area contributed by atoms with E-state index in [2.05, 4.69) is 15.3 Å². The van der Waals surface area contributed by atoms with Gasteiger partial charge in [-0.15, -0.1) is 0 Å². The molecule has 104 valence electrons. The van der Waals surface area contributed by atoms with Crippen molar-refractivity contribution in [2.75, 3.05) is 0 Å². The third-order valence-electron chi connectivity index (χ3n) is 3.45. The number of rotatable bonds is 3. The maximum absolute atomic E-state index is 12.1. The Morgan fingerprint density at radius 3 is 2.90 bits per heavy atom. The molecule has 0 aliphatic heterocycles. The Morgan fingerprint density at radius 2 is 2.20 bits per heavy atom. The first-order chi connectivity index (χ1) is 9.72. The smallest absolute Gasteiger partial charge is 0.346 e. The second kappa shape index (κ2) is 5.32. The topological polar surface area (TPSA) is 88.0 Å². The molecular weight excluding hydrogens is 258 g/mol. The predicted molar refractivity (Wildman–Crippen MR) is 72.3 cm³/mol. The van der Waals surface area contributed by atoms with Crippen molar-refractivity contribution in [3.05, 3.63) is 40.6 Å². The third kappa shape index (κ3) is 2.64. The SMILES string of the molecule is O=C(NC1CCCC1)c1cc(-c2ccco2)[nH]c(=O)n1. The number of carbonyl (C=O) groups excluding carboxylic acids is 1. The molecule has 0 unspecified atom stereocenters. The summed E-state index contributed by atoms with van der Waals surface area (Å²) in [5.41, 5.74) is 0.00842. The number of nitrogens with one attached hydrogen (secondary N) is 2. The molecule has 20 heavy (non-hydrogen) atoms. The van der Waals surface area contributed by atoms with Crippen LogP contribution in [0, 0.1) is 0 Å². The van der Waals surface area contributed by atoms with Crippen LogP contribution in [0.4, 0.5) is 0 Å². The van der Waals surface area contributed by atoms with Gasteiger partial charge in [-0.1, -0.05) is 12.8 Å². The van der Waals surface area contributed by atoms with E-state index in [1.54, 1.807) is 12.1 Å². The van der Waals surface area contributed by atoms with Crippen LogP contribution in [0.3, 0.4) is 0 Å². The van der Waals surface area contributed by atoms with Crippen LogP contribution < -0.4 is 11.0 Å². The minimum atomic E-state index is -0.560. The number of hydrogen-bond acceptors (Lipinski definition) is 4. The maximum Gasteiger partial charge on any atom is 0.346 e. The van der Waals surface area contributed by atoms with Gasteiger partial charge >= 0.3 is 5.69 Å². The molecule has 2 aromatic heterocycles. The van der Waals surface area contributed by atoms with Crippen LogP contribution in [0.25, 0.3) is 11.5 Å². The molecule has 1 amide bonds. The lowest BCUT2D eigenvalue weighted by molar-refractivity contribution is 0.0932. The number of hydrogen-bond donors (Lipinski definition) is 2. The lowest BCUT2D eigenvalue weighted by atomic mass is 10.2. The van der Waals surface area contributed by atoms with E-state index in [0.29, 0.717) is 11.5 Å². The van der Waals surface area contributed by atoms with Crippen molar-refractivity contribution in [2.45, 2.75) is 31.7 Å². The summed E-state index contributed by atoms with van der Waals surface area (Å²) in [6.45, 7) is 0. The van der Waals surface area contributed by atoms with Gasteiger partial charge < -0.3 is 14.7 Å². The maximum atomic E-state index is 12.1.